The van der Waals surface area contributed by atoms with Crippen molar-refractivity contribution in [2.45, 2.75) is 38.8 Å². The van der Waals surface area contributed by atoms with Gasteiger partial charge in [-0.05, 0) is 55.0 Å². The monoisotopic (exact) mass is 383 g/mol. The number of alkyl halides is 1. The maximum Gasteiger partial charge on any atom is 0.0973 e. The van der Waals surface area contributed by atoms with Gasteiger partial charge in [0.1, 0.15) is 0 Å². The van der Waals surface area contributed by atoms with Crippen LogP contribution in [0.5, 0.6) is 0 Å². The van der Waals surface area contributed by atoms with E-state index in [1.54, 1.807) is 13.1 Å². The van der Waals surface area contributed by atoms with E-state index in [0.717, 1.165) is 29.7 Å². The van der Waals surface area contributed by atoms with Crippen molar-refractivity contribution in [1.29, 1.82) is 0 Å². The van der Waals surface area contributed by atoms with Gasteiger partial charge >= 0.3 is 0 Å². The molecule has 0 radical (unpaired) electrons. The zero-order valence-electron chi connectivity index (χ0n) is 16.9. The fourth-order valence-electron chi connectivity index (χ4n) is 3.11. The molecule has 3 aromatic rings. The number of nitrogens with zero attached hydrogens (tertiary/aromatic N) is 1. The largest absolute Gasteiger partial charge is 0.255 e. The molecular formula is C27H26FN. The summed E-state index contributed by atoms with van der Waals surface area (Å²) in [6.07, 6.45) is 5.93. The van der Waals surface area contributed by atoms with E-state index in [2.05, 4.69) is 71.9 Å². The molecule has 2 heteroatoms. The highest BCUT2D eigenvalue weighted by Gasteiger charge is 2.02. The number of hydrogen-bond acceptors (Lipinski definition) is 1. The van der Waals surface area contributed by atoms with Crippen LogP contribution in [0.2, 0.25) is 0 Å². The molecule has 3 rings (SSSR count). The van der Waals surface area contributed by atoms with Crippen LogP contribution in [0.15, 0.2) is 79.5 Å². The first-order valence-electron chi connectivity index (χ1n) is 10.1. The van der Waals surface area contributed by atoms with Gasteiger partial charge in [-0.25, -0.2) is 4.39 Å². The summed E-state index contributed by atoms with van der Waals surface area (Å²) in [6, 6.07) is 21.0. The molecule has 0 fully saturated rings. The third kappa shape index (κ3) is 6.16. The van der Waals surface area contributed by atoms with Crippen molar-refractivity contribution in [2.24, 2.45) is 0 Å². The van der Waals surface area contributed by atoms with E-state index in [1.165, 1.54) is 16.7 Å². The lowest BCUT2D eigenvalue weighted by molar-refractivity contribution is 0.336. The van der Waals surface area contributed by atoms with E-state index < -0.39 is 6.17 Å². The van der Waals surface area contributed by atoms with Crippen molar-refractivity contribution in [3.05, 3.63) is 90.6 Å². The average Bonchev–Trinajstić information content (AvgIpc) is 2.75. The third-order valence-corrected chi connectivity index (χ3v) is 4.75. The summed E-state index contributed by atoms with van der Waals surface area (Å²) in [4.78, 5) is 4.54. The number of benzene rings is 2. The molecule has 1 unspecified atom stereocenters. The SMILES string of the molecule is C=CCc1ccc(-c2ccc(-c3ccc(C#CCCCC(C)F)cn3)cc2)cc1. The topological polar surface area (TPSA) is 12.9 Å². The first-order valence-corrected chi connectivity index (χ1v) is 10.1. The minimum atomic E-state index is -0.749. The molecule has 0 aliphatic heterocycles. The van der Waals surface area contributed by atoms with E-state index in [9.17, 15) is 4.39 Å². The van der Waals surface area contributed by atoms with E-state index >= 15 is 0 Å². The molecule has 0 saturated carbocycles. The molecule has 2 aromatic carbocycles. The lowest BCUT2D eigenvalue weighted by Crippen LogP contribution is -1.90. The lowest BCUT2D eigenvalue weighted by Gasteiger charge is -2.06. The van der Waals surface area contributed by atoms with Crippen LogP contribution in [0, 0.1) is 11.8 Å². The normalized spacial score (nSPS) is 11.4. The van der Waals surface area contributed by atoms with Gasteiger partial charge in [-0.1, -0.05) is 66.4 Å². The van der Waals surface area contributed by atoms with Crippen molar-refractivity contribution in [3.8, 4) is 34.2 Å². The van der Waals surface area contributed by atoms with E-state index in [1.807, 2.05) is 18.2 Å². The van der Waals surface area contributed by atoms with Crippen LogP contribution in [0.1, 0.15) is 37.3 Å². The second kappa shape index (κ2) is 10.4. The smallest absolute Gasteiger partial charge is 0.0973 e. The second-order valence-electron chi connectivity index (χ2n) is 7.17. The number of pyridine rings is 1. The van der Waals surface area contributed by atoms with Crippen molar-refractivity contribution in [2.75, 3.05) is 0 Å². The Bertz CT molecular complexity index is 972. The predicted molar refractivity (Wildman–Crippen MR) is 120 cm³/mol. The van der Waals surface area contributed by atoms with Gasteiger partial charge in [0.2, 0.25) is 0 Å². The number of aromatic nitrogens is 1. The molecule has 0 aliphatic rings. The Hall–Kier alpha value is -3.18. The highest BCUT2D eigenvalue weighted by atomic mass is 19.1. The summed E-state index contributed by atoms with van der Waals surface area (Å²) < 4.78 is 12.8. The van der Waals surface area contributed by atoms with E-state index in [-0.39, 0.29) is 0 Å². The van der Waals surface area contributed by atoms with Gasteiger partial charge < -0.3 is 0 Å². The molecule has 1 atom stereocenters. The lowest BCUT2D eigenvalue weighted by atomic mass is 10.0. The van der Waals surface area contributed by atoms with Crippen molar-refractivity contribution in [1.82, 2.24) is 4.98 Å². The Morgan fingerprint density at radius 2 is 1.62 bits per heavy atom. The van der Waals surface area contributed by atoms with Crippen molar-refractivity contribution < 1.29 is 4.39 Å². The Labute approximate surface area is 173 Å². The van der Waals surface area contributed by atoms with Crippen LogP contribution in [0.3, 0.4) is 0 Å². The fourth-order valence-corrected chi connectivity index (χ4v) is 3.11. The van der Waals surface area contributed by atoms with Crippen LogP contribution in [-0.4, -0.2) is 11.2 Å². The van der Waals surface area contributed by atoms with Gasteiger partial charge in [-0.3, -0.25) is 4.98 Å². The molecule has 0 N–H and O–H groups in total. The summed E-state index contributed by atoms with van der Waals surface area (Å²) >= 11 is 0. The number of halogens is 1. The molecule has 1 aromatic heterocycles. The Morgan fingerprint density at radius 1 is 0.966 bits per heavy atom. The van der Waals surface area contributed by atoms with E-state index in [4.69, 9.17) is 0 Å². The van der Waals surface area contributed by atoms with Crippen LogP contribution >= 0.6 is 0 Å². The van der Waals surface area contributed by atoms with Gasteiger partial charge in [-0.15, -0.1) is 6.58 Å². The molecule has 146 valence electrons. The molecule has 29 heavy (non-hydrogen) atoms. The van der Waals surface area contributed by atoms with Gasteiger partial charge in [-0.2, -0.15) is 0 Å². The zero-order chi connectivity index (χ0) is 20.5. The average molecular weight is 384 g/mol. The van der Waals surface area contributed by atoms with Gasteiger partial charge in [0.25, 0.3) is 0 Å². The molecule has 0 saturated heterocycles. The summed E-state index contributed by atoms with van der Waals surface area (Å²) in [6.45, 7) is 5.37. The molecular weight excluding hydrogens is 357 g/mol. The first kappa shape index (κ1) is 20.6. The van der Waals surface area contributed by atoms with Gasteiger partial charge in [0.05, 0.1) is 11.9 Å². The van der Waals surface area contributed by atoms with Gasteiger partial charge in [0, 0.05) is 23.7 Å². The Balaban J connectivity index is 1.64. The summed E-state index contributed by atoms with van der Waals surface area (Å²) in [5, 5.41) is 0. The maximum absolute atomic E-state index is 12.8. The molecule has 0 bridgehead atoms. The summed E-state index contributed by atoms with van der Waals surface area (Å²) in [7, 11) is 0. The van der Waals surface area contributed by atoms with E-state index in [0.29, 0.717) is 12.8 Å². The minimum absolute atomic E-state index is 0.570. The highest BCUT2D eigenvalue weighted by Crippen LogP contribution is 2.24. The molecule has 0 aliphatic carbocycles. The zero-order valence-corrected chi connectivity index (χ0v) is 16.9. The maximum atomic E-state index is 12.8. The minimum Gasteiger partial charge on any atom is -0.255 e. The van der Waals surface area contributed by atoms with Crippen molar-refractivity contribution >= 4 is 0 Å². The van der Waals surface area contributed by atoms with Crippen LogP contribution in [0.25, 0.3) is 22.4 Å². The quantitative estimate of drug-likeness (QED) is 0.243. The Kier molecular flexibility index (Phi) is 7.36. The van der Waals surface area contributed by atoms with Gasteiger partial charge in [0.15, 0.2) is 0 Å². The number of rotatable bonds is 7. The fraction of sp³-hybridized carbons (Fsp3) is 0.222. The predicted octanol–water partition coefficient (Wildman–Crippen LogP) is 7.02. The van der Waals surface area contributed by atoms with Crippen LogP contribution < -0.4 is 0 Å². The first-order chi connectivity index (χ1) is 14.2. The molecule has 1 heterocycles. The molecule has 0 spiro atoms. The summed E-state index contributed by atoms with van der Waals surface area (Å²) in [5.74, 6) is 6.19. The number of allylic oxidation sites excluding steroid dienone is 1. The molecule has 1 nitrogen and oxygen atoms in total. The standard InChI is InChI=1S/C27H26FN/c1-3-7-22-10-13-24(14-11-22)25-15-17-26(18-16-25)27-19-12-23(20-29-27)9-6-4-5-8-21(2)28/h3,10-21H,1,4-5,7-8H2,2H3. The number of hydrogen-bond donors (Lipinski definition) is 0. The van der Waals surface area contributed by atoms with Crippen molar-refractivity contribution in [3.63, 3.8) is 0 Å². The Morgan fingerprint density at radius 3 is 2.21 bits per heavy atom. The van der Waals surface area contributed by atoms with Crippen LogP contribution in [0.4, 0.5) is 4.39 Å². The second-order valence-corrected chi connectivity index (χ2v) is 7.17. The number of unbranched alkanes of at least 4 members (excludes halogenated alkanes) is 1. The molecule has 0 amide bonds. The van der Waals surface area contributed by atoms with Crippen LogP contribution in [-0.2, 0) is 6.42 Å². The summed E-state index contributed by atoms with van der Waals surface area (Å²) in [5.41, 5.74) is 6.54. The third-order valence-electron chi connectivity index (χ3n) is 4.75. The highest BCUT2D eigenvalue weighted by molar-refractivity contribution is 5.69.